The van der Waals surface area contributed by atoms with Crippen molar-refractivity contribution in [2.45, 2.75) is 13.3 Å². The van der Waals surface area contributed by atoms with Crippen molar-refractivity contribution in [3.63, 3.8) is 0 Å². The van der Waals surface area contributed by atoms with E-state index in [1.807, 2.05) is 25.2 Å². The third-order valence-corrected chi connectivity index (χ3v) is 1.59. The van der Waals surface area contributed by atoms with E-state index in [1.165, 1.54) is 11.8 Å². The van der Waals surface area contributed by atoms with E-state index in [1.54, 1.807) is 0 Å². The fourth-order valence-corrected chi connectivity index (χ4v) is 1.02. The molecule has 1 aliphatic heterocycles. The third-order valence-electron chi connectivity index (χ3n) is 1.59. The maximum absolute atomic E-state index is 5.34. The second-order valence-corrected chi connectivity index (χ2v) is 2.35. The van der Waals surface area contributed by atoms with Crippen LogP contribution in [-0.4, -0.2) is 6.61 Å². The second-order valence-electron chi connectivity index (χ2n) is 2.35. The van der Waals surface area contributed by atoms with Gasteiger partial charge in [-0.2, -0.15) is 0 Å². The Kier molecular flexibility index (Phi) is 2.78. The lowest BCUT2D eigenvalue weighted by Gasteiger charge is -1.95. The zero-order chi connectivity index (χ0) is 8.10. The van der Waals surface area contributed by atoms with Crippen molar-refractivity contribution in [3.8, 4) is 0 Å². The van der Waals surface area contributed by atoms with Gasteiger partial charge in [-0.1, -0.05) is 18.2 Å². The van der Waals surface area contributed by atoms with Gasteiger partial charge in [-0.15, -0.1) is 0 Å². The lowest BCUT2D eigenvalue weighted by Crippen LogP contribution is -1.87. The standard InChI is InChI=1S/C9H13NO/c1-2-3-4-8-5-6-11-9(8)7-10/h2-4,7H,5-6,10H2,1H3/b3-2+,8-4-,9-7+. The van der Waals surface area contributed by atoms with Crippen molar-refractivity contribution in [3.05, 3.63) is 35.8 Å². The topological polar surface area (TPSA) is 35.2 Å². The molecule has 0 bridgehead atoms. The van der Waals surface area contributed by atoms with E-state index in [2.05, 4.69) is 0 Å². The average molecular weight is 151 g/mol. The van der Waals surface area contributed by atoms with Crippen LogP contribution in [0.2, 0.25) is 0 Å². The summed E-state index contributed by atoms with van der Waals surface area (Å²) in [5.41, 5.74) is 6.53. The van der Waals surface area contributed by atoms with Gasteiger partial charge < -0.3 is 10.5 Å². The lowest BCUT2D eigenvalue weighted by molar-refractivity contribution is 0.265. The van der Waals surface area contributed by atoms with Crippen LogP contribution in [0.5, 0.6) is 0 Å². The number of hydrogen-bond acceptors (Lipinski definition) is 2. The van der Waals surface area contributed by atoms with Crippen molar-refractivity contribution < 1.29 is 4.74 Å². The van der Waals surface area contributed by atoms with Crippen LogP contribution in [0.15, 0.2) is 35.8 Å². The number of hydrogen-bond donors (Lipinski definition) is 1. The molecule has 1 saturated heterocycles. The Morgan fingerprint density at radius 1 is 1.55 bits per heavy atom. The number of rotatable bonds is 1. The van der Waals surface area contributed by atoms with Crippen LogP contribution >= 0.6 is 0 Å². The number of ether oxygens (including phenoxy) is 1. The van der Waals surface area contributed by atoms with E-state index in [0.717, 1.165) is 18.8 Å². The van der Waals surface area contributed by atoms with E-state index in [9.17, 15) is 0 Å². The summed E-state index contributed by atoms with van der Waals surface area (Å²) < 4.78 is 5.25. The van der Waals surface area contributed by atoms with Gasteiger partial charge in [-0.05, 0) is 12.5 Å². The highest BCUT2D eigenvalue weighted by Gasteiger charge is 2.12. The van der Waals surface area contributed by atoms with E-state index >= 15 is 0 Å². The van der Waals surface area contributed by atoms with Crippen LogP contribution in [0.3, 0.4) is 0 Å². The first-order valence-electron chi connectivity index (χ1n) is 3.75. The molecule has 11 heavy (non-hydrogen) atoms. The van der Waals surface area contributed by atoms with Gasteiger partial charge >= 0.3 is 0 Å². The molecule has 0 unspecified atom stereocenters. The first-order valence-corrected chi connectivity index (χ1v) is 3.75. The molecule has 1 fully saturated rings. The fourth-order valence-electron chi connectivity index (χ4n) is 1.02. The van der Waals surface area contributed by atoms with Crippen molar-refractivity contribution in [1.82, 2.24) is 0 Å². The minimum absolute atomic E-state index is 0.756. The molecule has 2 N–H and O–H groups in total. The van der Waals surface area contributed by atoms with Crippen LogP contribution in [0, 0.1) is 0 Å². The first-order chi connectivity index (χ1) is 5.38. The van der Waals surface area contributed by atoms with E-state index < -0.39 is 0 Å². The van der Waals surface area contributed by atoms with E-state index in [-0.39, 0.29) is 0 Å². The van der Waals surface area contributed by atoms with Crippen molar-refractivity contribution >= 4 is 0 Å². The van der Waals surface area contributed by atoms with Gasteiger partial charge in [0, 0.05) is 12.6 Å². The summed E-state index contributed by atoms with van der Waals surface area (Å²) in [5, 5.41) is 0. The maximum Gasteiger partial charge on any atom is 0.138 e. The van der Waals surface area contributed by atoms with Gasteiger partial charge in [0.25, 0.3) is 0 Å². The largest absolute Gasteiger partial charge is 0.491 e. The first kappa shape index (κ1) is 7.92. The molecule has 0 aromatic heterocycles. The predicted octanol–water partition coefficient (Wildman–Crippen LogP) is 1.71. The molecule has 0 atom stereocenters. The molecule has 1 rings (SSSR count). The molecule has 1 heterocycles. The smallest absolute Gasteiger partial charge is 0.138 e. The van der Waals surface area contributed by atoms with Crippen LogP contribution < -0.4 is 5.73 Å². The van der Waals surface area contributed by atoms with Gasteiger partial charge in [-0.25, -0.2) is 0 Å². The SMILES string of the molecule is C/C=C/C=C1/CCO/C1=C/N. The van der Waals surface area contributed by atoms with E-state index in [0.29, 0.717) is 0 Å². The third kappa shape index (κ3) is 1.87. The molecule has 0 radical (unpaired) electrons. The quantitative estimate of drug-likeness (QED) is 0.619. The highest BCUT2D eigenvalue weighted by molar-refractivity contribution is 5.31. The predicted molar refractivity (Wildman–Crippen MR) is 45.7 cm³/mol. The van der Waals surface area contributed by atoms with Crippen molar-refractivity contribution in [2.75, 3.05) is 6.61 Å². The summed E-state index contributed by atoms with van der Waals surface area (Å²) in [5.74, 6) is 0.822. The molecule has 0 aromatic carbocycles. The summed E-state index contributed by atoms with van der Waals surface area (Å²) in [7, 11) is 0. The summed E-state index contributed by atoms with van der Waals surface area (Å²) in [6.45, 7) is 2.74. The molecule has 2 heteroatoms. The monoisotopic (exact) mass is 151 g/mol. The van der Waals surface area contributed by atoms with Crippen molar-refractivity contribution in [1.29, 1.82) is 0 Å². The Bertz CT molecular complexity index is 214. The highest BCUT2D eigenvalue weighted by Crippen LogP contribution is 2.22. The molecular weight excluding hydrogens is 138 g/mol. The normalized spacial score (nSPS) is 25.2. The molecule has 0 spiro atoms. The van der Waals surface area contributed by atoms with Crippen LogP contribution in [0.25, 0.3) is 0 Å². The zero-order valence-electron chi connectivity index (χ0n) is 6.71. The molecule has 2 nitrogen and oxygen atoms in total. The molecule has 60 valence electrons. The molecule has 1 aliphatic rings. The molecular formula is C9H13NO. The Balaban J connectivity index is 2.71. The molecule has 0 saturated carbocycles. The Morgan fingerprint density at radius 3 is 3.00 bits per heavy atom. The van der Waals surface area contributed by atoms with Crippen molar-refractivity contribution in [2.24, 2.45) is 5.73 Å². The van der Waals surface area contributed by atoms with Gasteiger partial charge in [0.15, 0.2) is 0 Å². The lowest BCUT2D eigenvalue weighted by atomic mass is 10.2. The Morgan fingerprint density at radius 2 is 2.36 bits per heavy atom. The summed E-state index contributed by atoms with van der Waals surface area (Å²) in [4.78, 5) is 0. The minimum atomic E-state index is 0.756. The highest BCUT2D eigenvalue weighted by atomic mass is 16.5. The van der Waals surface area contributed by atoms with Crippen LogP contribution in [0.1, 0.15) is 13.3 Å². The summed E-state index contributed by atoms with van der Waals surface area (Å²) in [6.07, 6.45) is 8.49. The average Bonchev–Trinajstić information content (AvgIpc) is 2.47. The summed E-state index contributed by atoms with van der Waals surface area (Å²) >= 11 is 0. The summed E-state index contributed by atoms with van der Waals surface area (Å²) in [6, 6.07) is 0. The number of allylic oxidation sites excluding steroid dienone is 4. The Hall–Kier alpha value is -1.18. The molecule has 0 aromatic rings. The molecule has 0 aliphatic carbocycles. The van der Waals surface area contributed by atoms with E-state index in [4.69, 9.17) is 10.5 Å². The van der Waals surface area contributed by atoms with Gasteiger partial charge in [0.05, 0.1) is 6.61 Å². The van der Waals surface area contributed by atoms with Gasteiger partial charge in [0.1, 0.15) is 5.76 Å². The number of nitrogens with two attached hydrogens (primary N) is 1. The molecule has 0 amide bonds. The van der Waals surface area contributed by atoms with Crippen LogP contribution in [-0.2, 0) is 4.74 Å². The maximum atomic E-state index is 5.34. The zero-order valence-corrected chi connectivity index (χ0v) is 6.71. The fraction of sp³-hybridized carbons (Fsp3) is 0.333. The van der Waals surface area contributed by atoms with Crippen LogP contribution in [0.4, 0.5) is 0 Å². The minimum Gasteiger partial charge on any atom is -0.491 e. The van der Waals surface area contributed by atoms with Gasteiger partial charge in [0.2, 0.25) is 0 Å². The Labute approximate surface area is 67.0 Å². The second kappa shape index (κ2) is 3.86. The van der Waals surface area contributed by atoms with Gasteiger partial charge in [-0.3, -0.25) is 0 Å².